The van der Waals surface area contributed by atoms with Gasteiger partial charge in [0.1, 0.15) is 5.82 Å². The monoisotopic (exact) mass is 298 g/mol. The second-order valence-electron chi connectivity index (χ2n) is 4.11. The molecule has 100 valence electrons. The third kappa shape index (κ3) is 3.55. The van der Waals surface area contributed by atoms with E-state index in [-0.39, 0.29) is 10.6 Å². The Hall–Kier alpha value is -1.39. The minimum atomic E-state index is -3.52. The molecular formula is C14H12ClFO2S. The van der Waals surface area contributed by atoms with Crippen LogP contribution in [0.3, 0.4) is 0 Å². The Labute approximate surface area is 116 Å². The van der Waals surface area contributed by atoms with Gasteiger partial charge >= 0.3 is 0 Å². The van der Waals surface area contributed by atoms with Crippen molar-refractivity contribution in [2.45, 2.75) is 10.3 Å². The van der Waals surface area contributed by atoms with E-state index in [1.165, 1.54) is 12.1 Å². The Bertz CT molecular complexity index is 639. The predicted molar refractivity (Wildman–Crippen MR) is 73.5 cm³/mol. The number of alkyl halides is 1. The van der Waals surface area contributed by atoms with Gasteiger partial charge in [0.15, 0.2) is 9.84 Å². The minimum Gasteiger partial charge on any atom is -0.224 e. The van der Waals surface area contributed by atoms with E-state index in [0.29, 0.717) is 0 Å². The highest BCUT2D eigenvalue weighted by molar-refractivity contribution is 7.91. The molecule has 0 aromatic heterocycles. The van der Waals surface area contributed by atoms with Gasteiger partial charge in [-0.3, -0.25) is 0 Å². The van der Waals surface area contributed by atoms with Crippen molar-refractivity contribution in [3.63, 3.8) is 0 Å². The van der Waals surface area contributed by atoms with Crippen molar-refractivity contribution in [3.05, 3.63) is 66.0 Å². The zero-order valence-electron chi connectivity index (χ0n) is 9.96. The molecule has 2 aromatic rings. The summed E-state index contributed by atoms with van der Waals surface area (Å²) in [7, 11) is -3.52. The van der Waals surface area contributed by atoms with E-state index in [0.717, 1.165) is 17.7 Å². The molecule has 0 saturated heterocycles. The van der Waals surface area contributed by atoms with Gasteiger partial charge in [-0.1, -0.05) is 30.3 Å². The summed E-state index contributed by atoms with van der Waals surface area (Å²) >= 11 is 6.12. The van der Waals surface area contributed by atoms with Crippen LogP contribution in [0.2, 0.25) is 0 Å². The molecule has 2 aromatic carbocycles. The second kappa shape index (κ2) is 5.72. The van der Waals surface area contributed by atoms with Crippen molar-refractivity contribution in [2.24, 2.45) is 0 Å². The lowest BCUT2D eigenvalue weighted by Gasteiger charge is -2.10. The van der Waals surface area contributed by atoms with Gasteiger partial charge in [0.2, 0.25) is 0 Å². The maximum atomic E-state index is 12.8. The van der Waals surface area contributed by atoms with Crippen molar-refractivity contribution < 1.29 is 12.8 Å². The molecule has 1 atom stereocenters. The third-order valence-corrected chi connectivity index (χ3v) is 5.05. The molecule has 0 amide bonds. The van der Waals surface area contributed by atoms with E-state index in [1.54, 1.807) is 24.3 Å². The molecule has 0 spiro atoms. The Morgan fingerprint density at radius 1 is 1.00 bits per heavy atom. The molecule has 0 aliphatic carbocycles. The van der Waals surface area contributed by atoms with Crippen LogP contribution in [0.25, 0.3) is 0 Å². The number of halogens is 2. The number of sulfone groups is 1. The number of hydrogen-bond donors (Lipinski definition) is 0. The quantitative estimate of drug-likeness (QED) is 0.638. The number of benzene rings is 2. The highest BCUT2D eigenvalue weighted by Crippen LogP contribution is 2.25. The van der Waals surface area contributed by atoms with Crippen molar-refractivity contribution in [3.8, 4) is 0 Å². The van der Waals surface area contributed by atoms with Gasteiger partial charge < -0.3 is 0 Å². The lowest BCUT2D eigenvalue weighted by Crippen LogP contribution is -2.11. The molecule has 19 heavy (non-hydrogen) atoms. The Morgan fingerprint density at radius 3 is 2.16 bits per heavy atom. The van der Waals surface area contributed by atoms with Crippen LogP contribution < -0.4 is 0 Å². The van der Waals surface area contributed by atoms with Crippen LogP contribution >= 0.6 is 11.6 Å². The summed E-state index contributed by atoms with van der Waals surface area (Å²) in [6.45, 7) is 0. The second-order valence-corrected chi connectivity index (χ2v) is 6.67. The zero-order chi connectivity index (χ0) is 13.9. The molecule has 0 aliphatic heterocycles. The highest BCUT2D eigenvalue weighted by Gasteiger charge is 2.20. The maximum absolute atomic E-state index is 12.8. The van der Waals surface area contributed by atoms with Gasteiger partial charge in [-0.25, -0.2) is 12.8 Å². The summed E-state index contributed by atoms with van der Waals surface area (Å²) < 4.78 is 37.0. The average molecular weight is 299 g/mol. The van der Waals surface area contributed by atoms with Crippen molar-refractivity contribution >= 4 is 21.4 Å². The summed E-state index contributed by atoms with van der Waals surface area (Å²) in [5.41, 5.74) is 0.745. The summed E-state index contributed by atoms with van der Waals surface area (Å²) in [5, 5.41) is -0.628. The molecule has 0 heterocycles. The zero-order valence-corrected chi connectivity index (χ0v) is 11.5. The van der Waals surface area contributed by atoms with Gasteiger partial charge in [0.05, 0.1) is 16.0 Å². The fourth-order valence-corrected chi connectivity index (χ4v) is 3.65. The largest absolute Gasteiger partial charge is 0.224 e. The molecular weight excluding hydrogens is 287 g/mol. The summed E-state index contributed by atoms with van der Waals surface area (Å²) in [6.07, 6.45) is 0. The Morgan fingerprint density at radius 2 is 1.58 bits per heavy atom. The van der Waals surface area contributed by atoms with Crippen molar-refractivity contribution in [2.75, 3.05) is 5.75 Å². The Balaban J connectivity index is 2.20. The van der Waals surface area contributed by atoms with E-state index in [1.807, 2.05) is 6.07 Å². The van der Waals surface area contributed by atoms with Crippen LogP contribution in [0.5, 0.6) is 0 Å². The van der Waals surface area contributed by atoms with E-state index in [9.17, 15) is 12.8 Å². The van der Waals surface area contributed by atoms with E-state index >= 15 is 0 Å². The first-order chi connectivity index (χ1) is 8.99. The smallest absolute Gasteiger partial charge is 0.180 e. The average Bonchev–Trinajstić information content (AvgIpc) is 2.40. The number of hydrogen-bond acceptors (Lipinski definition) is 2. The molecule has 0 saturated carbocycles. The first kappa shape index (κ1) is 14.0. The normalized spacial score (nSPS) is 13.2. The fourth-order valence-electron chi connectivity index (χ4n) is 1.69. The van der Waals surface area contributed by atoms with Gasteiger partial charge in [-0.05, 0) is 29.8 Å². The predicted octanol–water partition coefficient (Wildman–Crippen LogP) is 3.58. The summed E-state index contributed by atoms with van der Waals surface area (Å²) in [5.74, 6) is -0.686. The van der Waals surface area contributed by atoms with Gasteiger partial charge in [-0.15, -0.1) is 11.6 Å². The molecule has 0 aliphatic rings. The fraction of sp³-hybridized carbons (Fsp3) is 0.143. The maximum Gasteiger partial charge on any atom is 0.180 e. The van der Waals surface area contributed by atoms with Gasteiger partial charge in [0.25, 0.3) is 0 Å². The minimum absolute atomic E-state index is 0.0791. The molecule has 0 radical (unpaired) electrons. The van der Waals surface area contributed by atoms with E-state index in [2.05, 4.69) is 0 Å². The van der Waals surface area contributed by atoms with Crippen LogP contribution in [0, 0.1) is 5.82 Å². The molecule has 2 nitrogen and oxygen atoms in total. The van der Waals surface area contributed by atoms with Crippen LogP contribution in [0.4, 0.5) is 4.39 Å². The lowest BCUT2D eigenvalue weighted by atomic mass is 10.2. The molecule has 0 N–H and O–H groups in total. The highest BCUT2D eigenvalue weighted by atomic mass is 35.5. The summed E-state index contributed by atoms with van der Waals surface area (Å²) in [6, 6.07) is 13.7. The van der Waals surface area contributed by atoms with E-state index < -0.39 is 21.0 Å². The SMILES string of the molecule is O=S(=O)(C[C@@H](Cl)c1ccccc1)c1ccc(F)cc1. The lowest BCUT2D eigenvalue weighted by molar-refractivity contribution is 0.593. The standard InChI is InChI=1S/C14H12ClFO2S/c15-14(11-4-2-1-3-5-11)10-19(17,18)13-8-6-12(16)7-9-13/h1-9,14H,10H2/t14-/m1/s1. The van der Waals surface area contributed by atoms with Gasteiger partial charge in [-0.2, -0.15) is 0 Å². The molecule has 2 rings (SSSR count). The first-order valence-corrected chi connectivity index (χ1v) is 7.75. The summed E-state index contributed by atoms with van der Waals surface area (Å²) in [4.78, 5) is 0.0791. The van der Waals surface area contributed by atoms with Crippen LogP contribution in [-0.2, 0) is 9.84 Å². The third-order valence-electron chi connectivity index (χ3n) is 2.70. The molecule has 0 unspecified atom stereocenters. The topological polar surface area (TPSA) is 34.1 Å². The van der Waals surface area contributed by atoms with Crippen molar-refractivity contribution in [1.82, 2.24) is 0 Å². The van der Waals surface area contributed by atoms with Crippen molar-refractivity contribution in [1.29, 1.82) is 0 Å². The van der Waals surface area contributed by atoms with Crippen LogP contribution in [0.1, 0.15) is 10.9 Å². The molecule has 5 heteroatoms. The Kier molecular flexibility index (Phi) is 4.22. The van der Waals surface area contributed by atoms with E-state index in [4.69, 9.17) is 11.6 Å². The number of rotatable bonds is 4. The molecule has 0 fully saturated rings. The van der Waals surface area contributed by atoms with Gasteiger partial charge in [0, 0.05) is 0 Å². The first-order valence-electron chi connectivity index (χ1n) is 5.66. The van der Waals surface area contributed by atoms with Crippen LogP contribution in [-0.4, -0.2) is 14.2 Å². The molecule has 0 bridgehead atoms. The van der Waals surface area contributed by atoms with Crippen LogP contribution in [0.15, 0.2) is 59.5 Å².